The zero-order valence-electron chi connectivity index (χ0n) is 14.2. The number of benzene rings is 1. The summed E-state index contributed by atoms with van der Waals surface area (Å²) in [6, 6.07) is 8.59. The predicted molar refractivity (Wildman–Crippen MR) is 93.7 cm³/mol. The first kappa shape index (κ1) is 16.7. The summed E-state index contributed by atoms with van der Waals surface area (Å²) in [7, 11) is 0. The van der Waals surface area contributed by atoms with Crippen molar-refractivity contribution in [2.75, 3.05) is 19.6 Å². The number of quaternary nitrogens is 1. The fourth-order valence-electron chi connectivity index (χ4n) is 3.19. The third-order valence-electron chi connectivity index (χ3n) is 4.63. The summed E-state index contributed by atoms with van der Waals surface area (Å²) in [6.45, 7) is 3.91. The molecule has 1 saturated heterocycles. The molecule has 2 aromatic rings. The molecule has 0 atom stereocenters. The van der Waals surface area contributed by atoms with Crippen LogP contribution in [0.1, 0.15) is 37.7 Å². The Morgan fingerprint density at radius 1 is 1.12 bits per heavy atom. The molecule has 0 radical (unpaired) electrons. The fraction of sp³-hybridized carbons (Fsp3) is 0.474. The molecule has 128 valence electrons. The van der Waals surface area contributed by atoms with Crippen molar-refractivity contribution in [2.45, 2.75) is 38.6 Å². The second-order valence-electron chi connectivity index (χ2n) is 6.46. The van der Waals surface area contributed by atoms with Gasteiger partial charge in [0.1, 0.15) is 6.54 Å². The summed E-state index contributed by atoms with van der Waals surface area (Å²) < 4.78 is 2.01. The second kappa shape index (κ2) is 8.64. The first-order valence-electron chi connectivity index (χ1n) is 8.99. The van der Waals surface area contributed by atoms with Crippen molar-refractivity contribution < 1.29 is 10.1 Å². The third kappa shape index (κ3) is 4.68. The number of nitrogens with two attached hydrogens (primary N) is 1. The normalized spacial score (nSPS) is 15.5. The van der Waals surface area contributed by atoms with Crippen molar-refractivity contribution in [3.8, 4) is 5.69 Å². The molecule has 5 heteroatoms. The predicted octanol–water partition coefficient (Wildman–Crippen LogP) is 1.73. The maximum Gasteiger partial charge on any atom is 0.222 e. The van der Waals surface area contributed by atoms with E-state index in [2.05, 4.69) is 39.5 Å². The molecule has 0 spiro atoms. The van der Waals surface area contributed by atoms with Crippen molar-refractivity contribution in [3.05, 3.63) is 48.5 Å². The average Bonchev–Trinajstić information content (AvgIpc) is 3.07. The smallest absolute Gasteiger partial charge is 0.222 e. The molecule has 1 aromatic carbocycles. The van der Waals surface area contributed by atoms with Gasteiger partial charge in [-0.1, -0.05) is 18.6 Å². The lowest BCUT2D eigenvalue weighted by molar-refractivity contribution is -0.670. The van der Waals surface area contributed by atoms with E-state index in [1.807, 2.05) is 17.1 Å². The van der Waals surface area contributed by atoms with E-state index in [4.69, 9.17) is 0 Å². The number of rotatable bonds is 7. The zero-order valence-corrected chi connectivity index (χ0v) is 14.2. The van der Waals surface area contributed by atoms with Crippen LogP contribution in [0.25, 0.3) is 5.69 Å². The van der Waals surface area contributed by atoms with Crippen LogP contribution >= 0.6 is 0 Å². The van der Waals surface area contributed by atoms with Gasteiger partial charge in [0.25, 0.3) is 0 Å². The Morgan fingerprint density at radius 2 is 2.00 bits per heavy atom. The summed E-state index contributed by atoms with van der Waals surface area (Å²) >= 11 is 0. The van der Waals surface area contributed by atoms with Crippen LogP contribution in [0.3, 0.4) is 0 Å². The van der Waals surface area contributed by atoms with Crippen molar-refractivity contribution in [2.24, 2.45) is 0 Å². The number of hydrogen-bond acceptors (Lipinski definition) is 2. The van der Waals surface area contributed by atoms with Gasteiger partial charge in [0, 0.05) is 49.6 Å². The molecule has 1 amide bonds. The van der Waals surface area contributed by atoms with Crippen LogP contribution in [0.4, 0.5) is 0 Å². The van der Waals surface area contributed by atoms with Gasteiger partial charge in [-0.15, -0.1) is 0 Å². The minimum atomic E-state index is 0.350. The van der Waals surface area contributed by atoms with Gasteiger partial charge in [0.2, 0.25) is 5.91 Å². The van der Waals surface area contributed by atoms with E-state index in [1.54, 1.807) is 6.20 Å². The van der Waals surface area contributed by atoms with E-state index >= 15 is 0 Å². The Bertz CT molecular complexity index is 621. The Balaban J connectivity index is 1.36. The van der Waals surface area contributed by atoms with Gasteiger partial charge in [-0.05, 0) is 25.0 Å². The maximum atomic E-state index is 11.9. The number of carbonyl (C=O) groups is 1. The second-order valence-corrected chi connectivity index (χ2v) is 6.46. The highest BCUT2D eigenvalue weighted by molar-refractivity contribution is 5.76. The Labute approximate surface area is 143 Å². The van der Waals surface area contributed by atoms with Gasteiger partial charge in [0.05, 0.1) is 12.9 Å². The minimum Gasteiger partial charge on any atom is -0.342 e. The van der Waals surface area contributed by atoms with Crippen molar-refractivity contribution in [1.82, 2.24) is 14.5 Å². The summed E-state index contributed by atoms with van der Waals surface area (Å²) in [6.07, 6.45) is 10.8. The highest BCUT2D eigenvalue weighted by Crippen LogP contribution is 2.11. The molecule has 1 aliphatic rings. The van der Waals surface area contributed by atoms with Crippen molar-refractivity contribution in [1.29, 1.82) is 0 Å². The van der Waals surface area contributed by atoms with Crippen LogP contribution in [-0.2, 0) is 11.3 Å². The third-order valence-corrected chi connectivity index (χ3v) is 4.63. The molecule has 2 heterocycles. The quantitative estimate of drug-likeness (QED) is 0.788. The number of likely N-dealkylation sites (tertiary alicyclic amines) is 1. The molecular weight excluding hydrogens is 300 g/mol. The Hall–Kier alpha value is -2.14. The summed E-state index contributed by atoms with van der Waals surface area (Å²) in [5.74, 6) is 0.350. The first-order valence-corrected chi connectivity index (χ1v) is 8.99. The van der Waals surface area contributed by atoms with Crippen LogP contribution in [0, 0.1) is 0 Å². The van der Waals surface area contributed by atoms with Crippen LogP contribution in [0.5, 0.6) is 0 Å². The largest absolute Gasteiger partial charge is 0.342 e. The van der Waals surface area contributed by atoms with E-state index in [0.29, 0.717) is 5.91 Å². The molecule has 1 aliphatic heterocycles. The standard InChI is InChI=1S/C19H26N4O/c24-19-5-2-1-3-12-22(19)13-4-10-20-15-17-6-8-18(9-7-17)23-14-11-21-16-23/h6-9,11,14,16,20H,1-5,10,12-13,15H2/p+1. The number of nitrogens with zero attached hydrogens (tertiary/aromatic N) is 3. The highest BCUT2D eigenvalue weighted by atomic mass is 16.2. The van der Waals surface area contributed by atoms with Crippen LogP contribution in [0.2, 0.25) is 0 Å². The van der Waals surface area contributed by atoms with Crippen LogP contribution in [-0.4, -0.2) is 40.0 Å². The lowest BCUT2D eigenvalue weighted by atomic mass is 10.2. The zero-order chi connectivity index (χ0) is 16.6. The average molecular weight is 327 g/mol. The molecule has 0 bridgehead atoms. The lowest BCUT2D eigenvalue weighted by Crippen LogP contribution is -2.82. The first-order chi connectivity index (χ1) is 11.8. The van der Waals surface area contributed by atoms with Crippen molar-refractivity contribution in [3.63, 3.8) is 0 Å². The monoisotopic (exact) mass is 327 g/mol. The van der Waals surface area contributed by atoms with E-state index in [-0.39, 0.29) is 0 Å². The molecule has 1 aromatic heterocycles. The molecular formula is C19H27N4O+. The molecule has 2 N–H and O–H groups in total. The number of amides is 1. The number of aromatic nitrogens is 2. The van der Waals surface area contributed by atoms with Gasteiger partial charge >= 0.3 is 0 Å². The molecule has 3 rings (SSSR count). The number of imidazole rings is 1. The summed E-state index contributed by atoms with van der Waals surface area (Å²) in [5, 5.41) is 2.33. The highest BCUT2D eigenvalue weighted by Gasteiger charge is 2.15. The van der Waals surface area contributed by atoms with Gasteiger partial charge in [-0.25, -0.2) is 4.98 Å². The minimum absolute atomic E-state index is 0.350. The van der Waals surface area contributed by atoms with Gasteiger partial charge < -0.3 is 14.8 Å². The van der Waals surface area contributed by atoms with Gasteiger partial charge in [0.15, 0.2) is 0 Å². The molecule has 0 aliphatic carbocycles. The molecule has 1 fully saturated rings. The number of hydrogen-bond donors (Lipinski definition) is 1. The number of carbonyl (C=O) groups excluding carboxylic acids is 1. The molecule has 24 heavy (non-hydrogen) atoms. The SMILES string of the molecule is O=C1CCCCCN1CCC[NH2+]Cc1ccc(-n2ccnc2)cc1. The van der Waals surface area contributed by atoms with Gasteiger partial charge in [-0.2, -0.15) is 0 Å². The van der Waals surface area contributed by atoms with Gasteiger partial charge in [-0.3, -0.25) is 4.79 Å². The lowest BCUT2D eigenvalue weighted by Gasteiger charge is -2.19. The molecule has 0 unspecified atom stereocenters. The molecule has 0 saturated carbocycles. The maximum absolute atomic E-state index is 11.9. The fourth-order valence-corrected chi connectivity index (χ4v) is 3.19. The summed E-state index contributed by atoms with van der Waals surface area (Å²) in [4.78, 5) is 18.1. The molecule has 5 nitrogen and oxygen atoms in total. The Morgan fingerprint density at radius 3 is 2.79 bits per heavy atom. The summed E-state index contributed by atoms with van der Waals surface area (Å²) in [5.41, 5.74) is 2.46. The van der Waals surface area contributed by atoms with Crippen molar-refractivity contribution >= 4 is 5.91 Å². The Kier molecular flexibility index (Phi) is 6.01. The van der Waals surface area contributed by atoms with E-state index < -0.39 is 0 Å². The van der Waals surface area contributed by atoms with E-state index in [0.717, 1.165) is 51.1 Å². The van der Waals surface area contributed by atoms with E-state index in [1.165, 1.54) is 18.4 Å². The topological polar surface area (TPSA) is 54.7 Å². The van der Waals surface area contributed by atoms with E-state index in [9.17, 15) is 4.79 Å². The van der Waals surface area contributed by atoms with Crippen LogP contribution < -0.4 is 5.32 Å². The van der Waals surface area contributed by atoms with Crippen LogP contribution in [0.15, 0.2) is 43.0 Å².